The molecule has 2 radical (unpaired) electrons. The van der Waals surface area contributed by atoms with E-state index in [-0.39, 0.29) is 24.1 Å². The van der Waals surface area contributed by atoms with Crippen LogP contribution in [-0.2, 0) is 9.26 Å². The van der Waals surface area contributed by atoms with Gasteiger partial charge in [-0.2, -0.15) is 0 Å². The van der Waals surface area contributed by atoms with E-state index in [1.807, 2.05) is 6.92 Å². The van der Waals surface area contributed by atoms with E-state index in [4.69, 9.17) is 17.1 Å². The molecule has 1 heterocycles. The predicted molar refractivity (Wildman–Crippen MR) is 60.0 cm³/mol. The van der Waals surface area contributed by atoms with Gasteiger partial charge in [-0.3, -0.25) is 0 Å². The first-order valence-corrected chi connectivity index (χ1v) is 7.37. The first-order valence-electron chi connectivity index (χ1n) is 4.59. The number of hydrogen-bond acceptors (Lipinski definition) is 2. The third kappa shape index (κ3) is 2.87. The van der Waals surface area contributed by atoms with E-state index in [1.54, 1.807) is 0 Å². The molecule has 4 heteroatoms. The van der Waals surface area contributed by atoms with Crippen LogP contribution in [0.1, 0.15) is 13.8 Å². The Hall–Kier alpha value is 0.285. The van der Waals surface area contributed by atoms with E-state index in [1.165, 1.54) is 0 Å². The van der Waals surface area contributed by atoms with Gasteiger partial charge in [0.25, 0.3) is 0 Å². The Bertz CT molecular complexity index is 226. The molecule has 0 N–H and O–H groups in total. The normalized spacial score (nSPS) is 40.9. The van der Waals surface area contributed by atoms with Gasteiger partial charge in [-0.1, -0.05) is 13.2 Å². The van der Waals surface area contributed by atoms with Crippen molar-refractivity contribution in [1.82, 2.24) is 0 Å². The standard InChI is InChI=1S/C9H18BO2P/c1-6-8(12-13(3,4)5)7(2)11-9(6)10/h6-9H,3H2,1-2,4-5H3. The highest BCUT2D eigenvalue weighted by molar-refractivity contribution is 7.67. The highest BCUT2D eigenvalue weighted by atomic mass is 31.2. The molecular formula is C9H18BO2P. The molecule has 0 aromatic carbocycles. The van der Waals surface area contributed by atoms with Crippen LogP contribution in [0.3, 0.4) is 0 Å². The average molecular weight is 200 g/mol. The summed E-state index contributed by atoms with van der Waals surface area (Å²) in [7, 11) is 4.32. The summed E-state index contributed by atoms with van der Waals surface area (Å²) < 4.78 is 11.4. The van der Waals surface area contributed by atoms with Gasteiger partial charge in [-0.05, 0) is 27.4 Å². The van der Waals surface area contributed by atoms with Crippen LogP contribution in [0.5, 0.6) is 0 Å². The molecule has 1 fully saturated rings. The fourth-order valence-corrected chi connectivity index (χ4v) is 2.60. The van der Waals surface area contributed by atoms with Gasteiger partial charge in [0, 0.05) is 11.9 Å². The van der Waals surface area contributed by atoms with Crippen LogP contribution in [0.25, 0.3) is 0 Å². The lowest BCUT2D eigenvalue weighted by molar-refractivity contribution is 0.0598. The van der Waals surface area contributed by atoms with Crippen molar-refractivity contribution >= 4 is 21.3 Å². The highest BCUT2D eigenvalue weighted by Crippen LogP contribution is 2.43. The topological polar surface area (TPSA) is 18.5 Å². The van der Waals surface area contributed by atoms with E-state index in [9.17, 15) is 0 Å². The molecule has 1 aliphatic rings. The van der Waals surface area contributed by atoms with Gasteiger partial charge in [0.1, 0.15) is 7.85 Å². The maximum absolute atomic E-state index is 5.89. The lowest BCUT2D eigenvalue weighted by Gasteiger charge is -2.25. The molecule has 0 amide bonds. The van der Waals surface area contributed by atoms with Crippen LogP contribution in [0.4, 0.5) is 0 Å². The van der Waals surface area contributed by atoms with E-state index >= 15 is 0 Å². The van der Waals surface area contributed by atoms with Crippen LogP contribution in [0, 0.1) is 5.92 Å². The first-order chi connectivity index (χ1) is 5.81. The van der Waals surface area contributed by atoms with Gasteiger partial charge >= 0.3 is 0 Å². The summed E-state index contributed by atoms with van der Waals surface area (Å²) in [6, 6.07) is -0.188. The van der Waals surface area contributed by atoms with Crippen LogP contribution in [-0.4, -0.2) is 45.7 Å². The fraction of sp³-hybridized carbons (Fsp3) is 0.889. The molecule has 4 atom stereocenters. The van der Waals surface area contributed by atoms with Crippen molar-refractivity contribution in [2.24, 2.45) is 5.92 Å². The predicted octanol–water partition coefficient (Wildman–Crippen LogP) is 1.55. The summed E-state index contributed by atoms with van der Waals surface area (Å²) in [4.78, 5) is 0. The third-order valence-electron chi connectivity index (χ3n) is 2.28. The number of ether oxygens (including phenoxy) is 1. The minimum Gasteiger partial charge on any atom is -0.382 e. The summed E-state index contributed by atoms with van der Waals surface area (Å²) >= 11 is 0. The van der Waals surface area contributed by atoms with Crippen molar-refractivity contribution in [2.45, 2.75) is 32.1 Å². The Morgan fingerprint density at radius 2 is 1.92 bits per heavy atom. The third-order valence-corrected chi connectivity index (χ3v) is 3.09. The Kier molecular flexibility index (Phi) is 3.32. The summed E-state index contributed by atoms with van der Waals surface area (Å²) in [5.74, 6) is 0.260. The molecule has 74 valence electrons. The molecule has 4 unspecified atom stereocenters. The second-order valence-corrected chi connectivity index (χ2v) is 7.67. The quantitative estimate of drug-likeness (QED) is 0.497. The molecule has 0 spiro atoms. The Morgan fingerprint density at radius 3 is 2.23 bits per heavy atom. The Balaban J connectivity index is 2.64. The van der Waals surface area contributed by atoms with Crippen molar-refractivity contribution in [1.29, 1.82) is 0 Å². The van der Waals surface area contributed by atoms with E-state index < -0.39 is 7.11 Å². The zero-order chi connectivity index (χ0) is 10.2. The molecule has 1 saturated heterocycles. The van der Waals surface area contributed by atoms with Crippen LogP contribution < -0.4 is 0 Å². The minimum absolute atomic E-state index is 0.0889. The maximum atomic E-state index is 5.89. The van der Waals surface area contributed by atoms with Crippen molar-refractivity contribution in [3.63, 3.8) is 0 Å². The second-order valence-electron chi connectivity index (χ2n) is 4.31. The lowest BCUT2D eigenvalue weighted by atomic mass is 9.86. The minimum atomic E-state index is -1.45. The van der Waals surface area contributed by atoms with Crippen LogP contribution in [0.15, 0.2) is 0 Å². The van der Waals surface area contributed by atoms with Crippen molar-refractivity contribution in [3.05, 3.63) is 0 Å². The van der Waals surface area contributed by atoms with E-state index in [0.717, 1.165) is 0 Å². The fourth-order valence-electron chi connectivity index (χ4n) is 1.57. The molecule has 0 aliphatic carbocycles. The smallest absolute Gasteiger partial charge is 0.109 e. The molecule has 1 aliphatic heterocycles. The van der Waals surface area contributed by atoms with E-state index in [2.05, 4.69) is 26.6 Å². The molecule has 1 rings (SSSR count). The Morgan fingerprint density at radius 1 is 1.38 bits per heavy atom. The summed E-state index contributed by atoms with van der Waals surface area (Å²) in [6.45, 7) is 8.17. The summed E-state index contributed by atoms with van der Waals surface area (Å²) in [5.41, 5.74) is 0. The summed E-state index contributed by atoms with van der Waals surface area (Å²) in [5, 5.41) is 0. The molecule has 0 aromatic heterocycles. The zero-order valence-corrected chi connectivity index (χ0v) is 9.75. The highest BCUT2D eigenvalue weighted by Gasteiger charge is 2.38. The maximum Gasteiger partial charge on any atom is 0.109 e. The molecular weight excluding hydrogens is 182 g/mol. The van der Waals surface area contributed by atoms with Crippen molar-refractivity contribution < 1.29 is 9.26 Å². The van der Waals surface area contributed by atoms with Gasteiger partial charge in [0.15, 0.2) is 0 Å². The monoisotopic (exact) mass is 200 g/mol. The molecule has 2 nitrogen and oxygen atoms in total. The van der Waals surface area contributed by atoms with Crippen LogP contribution >= 0.6 is 7.11 Å². The molecule has 13 heavy (non-hydrogen) atoms. The lowest BCUT2D eigenvalue weighted by Crippen LogP contribution is -2.26. The average Bonchev–Trinajstić information content (AvgIpc) is 2.14. The number of rotatable bonds is 2. The summed E-state index contributed by atoms with van der Waals surface area (Å²) in [6.07, 6.45) is 4.22. The largest absolute Gasteiger partial charge is 0.382 e. The molecule has 0 bridgehead atoms. The van der Waals surface area contributed by atoms with E-state index in [0.29, 0.717) is 0 Å². The van der Waals surface area contributed by atoms with Gasteiger partial charge in [0.05, 0.1) is 12.2 Å². The van der Waals surface area contributed by atoms with Crippen molar-refractivity contribution in [2.75, 3.05) is 13.3 Å². The van der Waals surface area contributed by atoms with Crippen LogP contribution in [0.2, 0.25) is 0 Å². The zero-order valence-electron chi connectivity index (χ0n) is 8.86. The van der Waals surface area contributed by atoms with Crippen molar-refractivity contribution in [3.8, 4) is 0 Å². The SMILES string of the molecule is [B]C1OC(C)C(OP(=C)(C)C)C1C. The van der Waals surface area contributed by atoms with Gasteiger partial charge < -0.3 is 9.26 Å². The Labute approximate surface area is 82.5 Å². The van der Waals surface area contributed by atoms with Gasteiger partial charge in [-0.15, -0.1) is 0 Å². The molecule has 0 aromatic rings. The second kappa shape index (κ2) is 3.80. The van der Waals surface area contributed by atoms with Gasteiger partial charge in [0.2, 0.25) is 0 Å². The van der Waals surface area contributed by atoms with Gasteiger partial charge in [-0.25, -0.2) is 0 Å². The molecule has 0 saturated carbocycles. The number of hydrogen-bond donors (Lipinski definition) is 0. The first kappa shape index (κ1) is 11.4.